The van der Waals surface area contributed by atoms with Crippen LogP contribution in [0.1, 0.15) is 52.4 Å². The molecule has 2 aliphatic rings. The Morgan fingerprint density at radius 3 is 2.77 bits per heavy atom. The van der Waals surface area contributed by atoms with Crippen LogP contribution in [0.25, 0.3) is 0 Å². The molecule has 1 heteroatoms. The summed E-state index contributed by atoms with van der Waals surface area (Å²) in [7, 11) is 0. The highest BCUT2D eigenvalue weighted by Crippen LogP contribution is 2.45. The second-order valence-corrected chi connectivity index (χ2v) is 4.99. The zero-order valence-electron chi connectivity index (χ0n) is 8.77. The van der Waals surface area contributed by atoms with Crippen molar-refractivity contribution in [2.24, 2.45) is 5.92 Å². The maximum absolute atomic E-state index is 10.4. The molecule has 0 bridgehead atoms. The molecule has 1 N–H and O–H groups in total. The van der Waals surface area contributed by atoms with Gasteiger partial charge >= 0.3 is 0 Å². The van der Waals surface area contributed by atoms with Crippen molar-refractivity contribution in [2.75, 3.05) is 0 Å². The molecule has 0 radical (unpaired) electrons. The van der Waals surface area contributed by atoms with Crippen LogP contribution in [-0.4, -0.2) is 10.7 Å². The number of fused-ring (bicyclic) bond motifs is 1. The highest BCUT2D eigenvalue weighted by molar-refractivity contribution is 5.20. The quantitative estimate of drug-likeness (QED) is 0.568. The van der Waals surface area contributed by atoms with Gasteiger partial charge in [0.1, 0.15) is 0 Å². The topological polar surface area (TPSA) is 20.2 Å². The fourth-order valence-electron chi connectivity index (χ4n) is 2.97. The lowest BCUT2D eigenvalue weighted by Gasteiger charge is -2.44. The number of rotatable bonds is 0. The fourth-order valence-corrected chi connectivity index (χ4v) is 2.97. The van der Waals surface area contributed by atoms with Gasteiger partial charge in [-0.15, -0.1) is 0 Å². The molecule has 0 aromatic heterocycles. The van der Waals surface area contributed by atoms with E-state index in [9.17, 15) is 5.11 Å². The molecule has 2 aliphatic carbocycles. The molecular weight excluding hydrogens is 160 g/mol. The van der Waals surface area contributed by atoms with E-state index in [2.05, 4.69) is 13.8 Å². The summed E-state index contributed by atoms with van der Waals surface area (Å²) in [5.41, 5.74) is 2.62. The molecule has 2 rings (SSSR count). The van der Waals surface area contributed by atoms with Crippen LogP contribution in [0.2, 0.25) is 0 Å². The molecule has 1 fully saturated rings. The Hall–Kier alpha value is -0.300. The molecule has 0 aromatic carbocycles. The largest absolute Gasteiger partial charge is 0.389 e. The Bertz CT molecular complexity index is 242. The molecule has 0 aliphatic heterocycles. The molecule has 0 heterocycles. The zero-order chi connectivity index (χ0) is 9.47. The van der Waals surface area contributed by atoms with Gasteiger partial charge in [0.15, 0.2) is 0 Å². The lowest BCUT2D eigenvalue weighted by Crippen LogP contribution is -2.43. The summed E-state index contributed by atoms with van der Waals surface area (Å²) in [5, 5.41) is 10.4. The SMILES string of the molecule is CC1=C(C)C[C@@]2(O)CCCC[C@H]2C1. The molecule has 0 aromatic rings. The van der Waals surface area contributed by atoms with E-state index in [1.54, 1.807) is 0 Å². The summed E-state index contributed by atoms with van der Waals surface area (Å²) >= 11 is 0. The second-order valence-electron chi connectivity index (χ2n) is 4.99. The van der Waals surface area contributed by atoms with Gasteiger partial charge in [0.25, 0.3) is 0 Å². The van der Waals surface area contributed by atoms with Crippen LogP contribution in [0, 0.1) is 5.92 Å². The monoisotopic (exact) mass is 180 g/mol. The smallest absolute Gasteiger partial charge is 0.0715 e. The highest BCUT2D eigenvalue weighted by atomic mass is 16.3. The van der Waals surface area contributed by atoms with Crippen molar-refractivity contribution in [3.8, 4) is 0 Å². The molecule has 0 amide bonds. The van der Waals surface area contributed by atoms with Crippen molar-refractivity contribution in [3.05, 3.63) is 11.1 Å². The normalized spacial score (nSPS) is 40.4. The van der Waals surface area contributed by atoms with Gasteiger partial charge in [0.2, 0.25) is 0 Å². The number of aliphatic hydroxyl groups is 1. The van der Waals surface area contributed by atoms with Gasteiger partial charge in [-0.1, -0.05) is 24.0 Å². The van der Waals surface area contributed by atoms with Crippen molar-refractivity contribution >= 4 is 0 Å². The maximum atomic E-state index is 10.4. The predicted octanol–water partition coefficient (Wildman–Crippen LogP) is 3.04. The maximum Gasteiger partial charge on any atom is 0.0715 e. The predicted molar refractivity (Wildman–Crippen MR) is 54.5 cm³/mol. The van der Waals surface area contributed by atoms with Crippen molar-refractivity contribution in [3.63, 3.8) is 0 Å². The van der Waals surface area contributed by atoms with E-state index in [4.69, 9.17) is 0 Å². The first-order valence-electron chi connectivity index (χ1n) is 5.49. The first-order valence-corrected chi connectivity index (χ1v) is 5.49. The van der Waals surface area contributed by atoms with E-state index in [0.717, 1.165) is 19.3 Å². The Labute approximate surface area is 80.8 Å². The Morgan fingerprint density at radius 1 is 1.23 bits per heavy atom. The van der Waals surface area contributed by atoms with E-state index in [0.29, 0.717) is 5.92 Å². The average molecular weight is 180 g/mol. The standard InChI is InChI=1S/C12H20O/c1-9-7-11-5-3-4-6-12(11,13)8-10(9)2/h11,13H,3-8H2,1-2H3/t11-,12-/m0/s1. The molecule has 1 nitrogen and oxygen atoms in total. The summed E-state index contributed by atoms with van der Waals surface area (Å²) < 4.78 is 0. The highest BCUT2D eigenvalue weighted by Gasteiger charge is 2.41. The van der Waals surface area contributed by atoms with Crippen LogP contribution in [-0.2, 0) is 0 Å². The van der Waals surface area contributed by atoms with Crippen molar-refractivity contribution in [2.45, 2.75) is 58.0 Å². The van der Waals surface area contributed by atoms with Crippen molar-refractivity contribution < 1.29 is 5.11 Å². The summed E-state index contributed by atoms with van der Waals surface area (Å²) in [6.07, 6.45) is 6.88. The first-order chi connectivity index (χ1) is 6.12. The summed E-state index contributed by atoms with van der Waals surface area (Å²) in [5.74, 6) is 0.560. The molecule has 74 valence electrons. The molecule has 13 heavy (non-hydrogen) atoms. The van der Waals surface area contributed by atoms with Crippen LogP contribution >= 0.6 is 0 Å². The Morgan fingerprint density at radius 2 is 2.00 bits per heavy atom. The van der Waals surface area contributed by atoms with Gasteiger partial charge < -0.3 is 5.11 Å². The Kier molecular flexibility index (Phi) is 2.23. The summed E-state index contributed by atoms with van der Waals surface area (Å²) in [6, 6.07) is 0. The lowest BCUT2D eigenvalue weighted by atomic mass is 9.66. The number of hydrogen-bond acceptors (Lipinski definition) is 1. The lowest BCUT2D eigenvalue weighted by molar-refractivity contribution is -0.0532. The van der Waals surface area contributed by atoms with E-state index < -0.39 is 0 Å². The van der Waals surface area contributed by atoms with Crippen LogP contribution in [0.15, 0.2) is 11.1 Å². The third-order valence-corrected chi connectivity index (χ3v) is 4.02. The first kappa shape index (κ1) is 9.26. The minimum absolute atomic E-state index is 0.332. The number of hydrogen-bond donors (Lipinski definition) is 1. The molecule has 0 unspecified atom stereocenters. The van der Waals surface area contributed by atoms with Gasteiger partial charge in [-0.25, -0.2) is 0 Å². The van der Waals surface area contributed by atoms with Crippen LogP contribution in [0.4, 0.5) is 0 Å². The molecule has 2 atom stereocenters. The van der Waals surface area contributed by atoms with Crippen molar-refractivity contribution in [1.29, 1.82) is 0 Å². The van der Waals surface area contributed by atoms with E-state index >= 15 is 0 Å². The van der Waals surface area contributed by atoms with E-state index in [1.165, 1.54) is 30.4 Å². The molecule has 0 spiro atoms. The Balaban J connectivity index is 2.22. The summed E-state index contributed by atoms with van der Waals surface area (Å²) in [6.45, 7) is 4.40. The second kappa shape index (κ2) is 3.13. The minimum Gasteiger partial charge on any atom is -0.389 e. The molecule has 1 saturated carbocycles. The summed E-state index contributed by atoms with van der Waals surface area (Å²) in [4.78, 5) is 0. The van der Waals surface area contributed by atoms with Crippen LogP contribution in [0.3, 0.4) is 0 Å². The number of allylic oxidation sites excluding steroid dienone is 1. The molecule has 0 saturated heterocycles. The third kappa shape index (κ3) is 1.54. The van der Waals surface area contributed by atoms with Gasteiger partial charge in [-0.3, -0.25) is 0 Å². The van der Waals surface area contributed by atoms with E-state index in [-0.39, 0.29) is 5.60 Å². The average Bonchev–Trinajstić information content (AvgIpc) is 2.07. The van der Waals surface area contributed by atoms with Crippen LogP contribution < -0.4 is 0 Å². The zero-order valence-corrected chi connectivity index (χ0v) is 8.77. The van der Waals surface area contributed by atoms with Crippen LogP contribution in [0.5, 0.6) is 0 Å². The molecular formula is C12H20O. The fraction of sp³-hybridized carbons (Fsp3) is 0.833. The van der Waals surface area contributed by atoms with Gasteiger partial charge in [-0.05, 0) is 45.4 Å². The van der Waals surface area contributed by atoms with E-state index in [1.807, 2.05) is 0 Å². The minimum atomic E-state index is -0.332. The van der Waals surface area contributed by atoms with Gasteiger partial charge in [0.05, 0.1) is 5.60 Å². The van der Waals surface area contributed by atoms with Gasteiger partial charge in [0, 0.05) is 0 Å². The van der Waals surface area contributed by atoms with Gasteiger partial charge in [-0.2, -0.15) is 0 Å². The third-order valence-electron chi connectivity index (χ3n) is 4.02. The van der Waals surface area contributed by atoms with Crippen molar-refractivity contribution in [1.82, 2.24) is 0 Å².